The summed E-state index contributed by atoms with van der Waals surface area (Å²) < 4.78 is 32.7. The van der Waals surface area contributed by atoms with E-state index in [-0.39, 0.29) is 33.5 Å². The number of carbonyl (C=O) groups is 2. The highest BCUT2D eigenvalue weighted by molar-refractivity contribution is 7.92. The molecule has 3 aromatic rings. The van der Waals surface area contributed by atoms with Gasteiger partial charge >= 0.3 is 5.97 Å². The molecule has 0 aliphatic rings. The van der Waals surface area contributed by atoms with Crippen LogP contribution in [0.4, 0.5) is 11.4 Å². The first-order valence-electron chi connectivity index (χ1n) is 10.2. The van der Waals surface area contributed by atoms with Gasteiger partial charge in [-0.05, 0) is 68.4 Å². The molecular weight excluding hydrogens is 499 g/mol. The van der Waals surface area contributed by atoms with Crippen molar-refractivity contribution in [1.29, 1.82) is 0 Å². The van der Waals surface area contributed by atoms with Crippen molar-refractivity contribution in [3.63, 3.8) is 0 Å². The van der Waals surface area contributed by atoms with Gasteiger partial charge in [-0.25, -0.2) is 13.2 Å². The van der Waals surface area contributed by atoms with Gasteiger partial charge < -0.3 is 10.1 Å². The maximum atomic E-state index is 13.4. The summed E-state index contributed by atoms with van der Waals surface area (Å²) in [5, 5.41) is 3.13. The van der Waals surface area contributed by atoms with Gasteiger partial charge in [0.05, 0.1) is 33.5 Å². The summed E-state index contributed by atoms with van der Waals surface area (Å²) in [7, 11) is -4.07. The molecule has 7 nitrogen and oxygen atoms in total. The van der Waals surface area contributed by atoms with Crippen molar-refractivity contribution in [1.82, 2.24) is 0 Å². The van der Waals surface area contributed by atoms with Crippen molar-refractivity contribution in [2.45, 2.75) is 18.7 Å². The fraction of sp³-hybridized carbons (Fsp3) is 0.167. The van der Waals surface area contributed by atoms with Gasteiger partial charge in [0.2, 0.25) is 5.91 Å². The standard InChI is InChI=1S/C24H22Cl2N2O5S/c1-3-33-24(30)17-6-13-22(21(26)14-17)27-23(29)15-28(19-9-7-18(25)8-10-19)34(31,32)20-11-4-16(2)5-12-20/h4-14H,3,15H2,1-2H3,(H,27,29). The number of nitrogens with one attached hydrogen (secondary N) is 1. The van der Waals surface area contributed by atoms with E-state index in [4.69, 9.17) is 27.9 Å². The van der Waals surface area contributed by atoms with Crippen LogP contribution in [0.1, 0.15) is 22.8 Å². The quantitative estimate of drug-likeness (QED) is 0.406. The SMILES string of the molecule is CCOC(=O)c1ccc(NC(=O)CN(c2ccc(Cl)cc2)S(=O)(=O)c2ccc(C)cc2)c(Cl)c1. The Morgan fingerprint density at radius 1 is 0.971 bits per heavy atom. The van der Waals surface area contributed by atoms with Crippen molar-refractivity contribution >= 4 is 56.5 Å². The number of hydrogen-bond donors (Lipinski definition) is 1. The van der Waals surface area contributed by atoms with Gasteiger partial charge in [0.15, 0.2) is 0 Å². The highest BCUT2D eigenvalue weighted by Crippen LogP contribution is 2.27. The zero-order valence-corrected chi connectivity index (χ0v) is 20.7. The van der Waals surface area contributed by atoms with Crippen LogP contribution in [0.25, 0.3) is 0 Å². The van der Waals surface area contributed by atoms with E-state index >= 15 is 0 Å². The van der Waals surface area contributed by atoms with Gasteiger partial charge in [0, 0.05) is 5.02 Å². The lowest BCUT2D eigenvalue weighted by Crippen LogP contribution is -2.38. The number of aryl methyl sites for hydroxylation is 1. The van der Waals surface area contributed by atoms with Crippen molar-refractivity contribution in [2.75, 3.05) is 22.8 Å². The fourth-order valence-electron chi connectivity index (χ4n) is 3.04. The summed E-state index contributed by atoms with van der Waals surface area (Å²) in [4.78, 5) is 24.8. The van der Waals surface area contributed by atoms with Crippen molar-refractivity contribution in [2.24, 2.45) is 0 Å². The van der Waals surface area contributed by atoms with Crippen LogP contribution in [0.2, 0.25) is 10.0 Å². The lowest BCUT2D eigenvalue weighted by Gasteiger charge is -2.24. The van der Waals surface area contributed by atoms with E-state index in [0.717, 1.165) is 9.87 Å². The Morgan fingerprint density at radius 2 is 1.62 bits per heavy atom. The molecule has 0 saturated heterocycles. The summed E-state index contributed by atoms with van der Waals surface area (Å²) in [6, 6.07) is 16.7. The number of esters is 1. The molecule has 1 amide bonds. The van der Waals surface area contributed by atoms with Crippen LogP contribution in [0.15, 0.2) is 71.6 Å². The molecule has 0 heterocycles. The predicted octanol–water partition coefficient (Wildman–Crippen LogP) is 5.31. The molecule has 0 bridgehead atoms. The summed E-state index contributed by atoms with van der Waals surface area (Å²) in [6.07, 6.45) is 0. The number of rotatable bonds is 8. The number of sulfonamides is 1. The molecule has 0 saturated carbocycles. The van der Waals surface area contributed by atoms with E-state index in [9.17, 15) is 18.0 Å². The van der Waals surface area contributed by atoms with Gasteiger partial charge in [-0.2, -0.15) is 0 Å². The van der Waals surface area contributed by atoms with Gasteiger partial charge in [-0.1, -0.05) is 40.9 Å². The molecule has 0 radical (unpaired) electrons. The molecule has 10 heteroatoms. The smallest absolute Gasteiger partial charge is 0.338 e. The van der Waals surface area contributed by atoms with Gasteiger partial charge in [-0.3, -0.25) is 9.10 Å². The zero-order valence-electron chi connectivity index (χ0n) is 18.4. The molecule has 34 heavy (non-hydrogen) atoms. The minimum atomic E-state index is -4.07. The summed E-state index contributed by atoms with van der Waals surface area (Å²) in [5.74, 6) is -1.17. The Hall–Kier alpha value is -3.07. The molecule has 1 N–H and O–H groups in total. The zero-order chi connectivity index (χ0) is 24.9. The van der Waals surface area contributed by atoms with Crippen molar-refractivity contribution in [3.05, 3.63) is 87.9 Å². The van der Waals surface area contributed by atoms with Crippen LogP contribution in [0.3, 0.4) is 0 Å². The summed E-state index contributed by atoms with van der Waals surface area (Å²) in [6.45, 7) is 3.22. The second kappa shape index (κ2) is 10.9. The maximum absolute atomic E-state index is 13.4. The molecule has 0 aliphatic heterocycles. The Balaban J connectivity index is 1.88. The average Bonchev–Trinajstić information content (AvgIpc) is 2.80. The third-order valence-corrected chi connectivity index (χ3v) is 7.12. The highest BCUT2D eigenvalue weighted by atomic mass is 35.5. The molecule has 0 atom stereocenters. The Morgan fingerprint density at radius 3 is 2.21 bits per heavy atom. The van der Waals surface area contributed by atoms with Crippen LogP contribution in [0, 0.1) is 6.92 Å². The van der Waals surface area contributed by atoms with Gasteiger partial charge in [-0.15, -0.1) is 0 Å². The minimum Gasteiger partial charge on any atom is -0.462 e. The largest absolute Gasteiger partial charge is 0.462 e. The van der Waals surface area contributed by atoms with E-state index in [1.165, 1.54) is 54.6 Å². The third kappa shape index (κ3) is 6.08. The van der Waals surface area contributed by atoms with Crippen LogP contribution in [-0.4, -0.2) is 33.4 Å². The van der Waals surface area contributed by atoms with E-state index in [2.05, 4.69) is 5.32 Å². The van der Waals surface area contributed by atoms with E-state index in [1.807, 2.05) is 6.92 Å². The average molecular weight is 521 g/mol. The molecule has 0 unspecified atom stereocenters. The van der Waals surface area contributed by atoms with Crippen LogP contribution >= 0.6 is 23.2 Å². The summed E-state index contributed by atoms with van der Waals surface area (Å²) >= 11 is 12.2. The number of ether oxygens (including phenoxy) is 1. The normalized spacial score (nSPS) is 11.1. The van der Waals surface area contributed by atoms with Crippen LogP contribution in [0.5, 0.6) is 0 Å². The fourth-order valence-corrected chi connectivity index (χ4v) is 4.81. The number of carbonyl (C=O) groups excluding carboxylic acids is 2. The molecule has 0 spiro atoms. The predicted molar refractivity (Wildman–Crippen MR) is 133 cm³/mol. The maximum Gasteiger partial charge on any atom is 0.338 e. The van der Waals surface area contributed by atoms with Crippen LogP contribution < -0.4 is 9.62 Å². The van der Waals surface area contributed by atoms with Gasteiger partial charge in [0.1, 0.15) is 6.54 Å². The van der Waals surface area contributed by atoms with Gasteiger partial charge in [0.25, 0.3) is 10.0 Å². The van der Waals surface area contributed by atoms with E-state index in [0.29, 0.717) is 5.02 Å². The molecule has 0 aliphatic carbocycles. The second-order valence-electron chi connectivity index (χ2n) is 7.26. The molecule has 178 valence electrons. The first-order valence-corrected chi connectivity index (χ1v) is 12.4. The molecule has 0 fully saturated rings. The Labute approximate surface area is 208 Å². The number of anilines is 2. The van der Waals surface area contributed by atoms with E-state index in [1.54, 1.807) is 19.1 Å². The van der Waals surface area contributed by atoms with Crippen molar-refractivity contribution in [3.8, 4) is 0 Å². The number of nitrogens with zero attached hydrogens (tertiary/aromatic N) is 1. The number of benzene rings is 3. The molecule has 3 rings (SSSR count). The third-order valence-electron chi connectivity index (χ3n) is 4.77. The van der Waals surface area contributed by atoms with Crippen LogP contribution in [-0.2, 0) is 19.6 Å². The lowest BCUT2D eigenvalue weighted by molar-refractivity contribution is -0.114. The van der Waals surface area contributed by atoms with E-state index < -0.39 is 28.4 Å². The Bertz CT molecular complexity index is 1290. The monoisotopic (exact) mass is 520 g/mol. The first-order chi connectivity index (χ1) is 16.1. The minimum absolute atomic E-state index is 0.0395. The number of amides is 1. The topological polar surface area (TPSA) is 92.8 Å². The highest BCUT2D eigenvalue weighted by Gasteiger charge is 2.27. The Kier molecular flexibility index (Phi) is 8.19. The molecule has 3 aromatic carbocycles. The summed E-state index contributed by atoms with van der Waals surface area (Å²) in [5.41, 5.74) is 1.62. The second-order valence-corrected chi connectivity index (χ2v) is 9.97. The molecular formula is C24H22Cl2N2O5S. The number of hydrogen-bond acceptors (Lipinski definition) is 5. The molecule has 0 aromatic heterocycles. The van der Waals surface area contributed by atoms with Crippen molar-refractivity contribution < 1.29 is 22.7 Å². The first kappa shape index (κ1) is 25.6. The number of halogens is 2. The lowest BCUT2D eigenvalue weighted by atomic mass is 10.2.